The molecule has 4 nitrogen and oxygen atoms in total. The van der Waals surface area contributed by atoms with Crippen molar-refractivity contribution in [2.24, 2.45) is 4.99 Å². The van der Waals surface area contributed by atoms with Crippen LogP contribution < -0.4 is 5.32 Å². The lowest BCUT2D eigenvalue weighted by molar-refractivity contribution is -0.118. The minimum Gasteiger partial charge on any atom is -0.332 e. The van der Waals surface area contributed by atoms with Gasteiger partial charge in [0.25, 0.3) is 0 Å². The van der Waals surface area contributed by atoms with Gasteiger partial charge in [-0.15, -0.1) is 0 Å². The number of rotatable bonds is 0. The third-order valence-electron chi connectivity index (χ3n) is 1.42. The van der Waals surface area contributed by atoms with Gasteiger partial charge in [-0.2, -0.15) is 0 Å². The minimum absolute atomic E-state index is 0.140. The van der Waals surface area contributed by atoms with Gasteiger partial charge in [0.15, 0.2) is 5.78 Å². The van der Waals surface area contributed by atoms with Gasteiger partial charge in [-0.05, 0) is 12.2 Å². The molecule has 14 heavy (non-hydrogen) atoms. The van der Waals surface area contributed by atoms with Crippen LogP contribution in [0.4, 0.5) is 0 Å². The molecule has 0 bridgehead atoms. The Morgan fingerprint density at radius 2 is 2.07 bits per heavy atom. The third-order valence-corrected chi connectivity index (χ3v) is 1.42. The fourth-order valence-corrected chi connectivity index (χ4v) is 0.774. The van der Waals surface area contributed by atoms with Gasteiger partial charge in [0.2, 0.25) is 5.91 Å². The maximum atomic E-state index is 11.0. The Balaban J connectivity index is 2.71. The zero-order chi connectivity index (χ0) is 10.2. The molecular formula is C10H10N2O2. The molecule has 0 saturated carbocycles. The summed E-state index contributed by atoms with van der Waals surface area (Å²) in [5.41, 5.74) is 0. The van der Waals surface area contributed by atoms with Gasteiger partial charge < -0.3 is 5.32 Å². The molecular weight excluding hydrogens is 180 g/mol. The second-order valence-corrected chi connectivity index (χ2v) is 2.54. The van der Waals surface area contributed by atoms with Gasteiger partial charge >= 0.3 is 0 Å². The Bertz CT molecular complexity index is 308. The maximum Gasteiger partial charge on any atom is 0.229 e. The summed E-state index contributed by atoms with van der Waals surface area (Å²) in [6.07, 6.45) is 10.3. The molecule has 0 aliphatic carbocycles. The standard InChI is InChI=1S/C10H10N2O2/c13-9-3-1-2-6-12-10(14)5-8-11-7-4-9/h1-4,6-8H,5H2,(H,12,14). The molecule has 1 N–H and O–H groups in total. The Morgan fingerprint density at radius 1 is 1.21 bits per heavy atom. The summed E-state index contributed by atoms with van der Waals surface area (Å²) < 4.78 is 0. The number of allylic oxidation sites excluding steroid dienone is 4. The summed E-state index contributed by atoms with van der Waals surface area (Å²) in [6, 6.07) is 0. The van der Waals surface area contributed by atoms with Crippen molar-refractivity contribution in [1.82, 2.24) is 5.32 Å². The van der Waals surface area contributed by atoms with Crippen molar-refractivity contribution in [2.45, 2.75) is 6.42 Å². The molecule has 1 amide bonds. The number of amides is 1. The van der Waals surface area contributed by atoms with Crippen LogP contribution in [0.1, 0.15) is 6.42 Å². The zero-order valence-electron chi connectivity index (χ0n) is 7.51. The highest BCUT2D eigenvalue weighted by Gasteiger charge is 1.93. The Morgan fingerprint density at radius 3 is 2.93 bits per heavy atom. The molecule has 0 atom stereocenters. The SMILES string of the molecule is O=C1C=CC=CNC(=O)CC=NC=C1. The van der Waals surface area contributed by atoms with Gasteiger partial charge in [-0.25, -0.2) is 0 Å². The van der Waals surface area contributed by atoms with Crippen molar-refractivity contribution in [1.29, 1.82) is 0 Å². The molecule has 0 aromatic heterocycles. The summed E-state index contributed by atoms with van der Waals surface area (Å²) in [6.45, 7) is 0. The molecule has 0 radical (unpaired) electrons. The third kappa shape index (κ3) is 4.15. The van der Waals surface area contributed by atoms with Crippen molar-refractivity contribution in [3.8, 4) is 0 Å². The molecule has 0 aromatic rings. The number of nitrogens with zero attached hydrogens (tertiary/aromatic N) is 1. The monoisotopic (exact) mass is 190 g/mol. The average molecular weight is 190 g/mol. The van der Waals surface area contributed by atoms with Gasteiger partial charge in [-0.3, -0.25) is 14.6 Å². The van der Waals surface area contributed by atoms with E-state index in [1.54, 1.807) is 12.2 Å². The van der Waals surface area contributed by atoms with E-state index in [4.69, 9.17) is 0 Å². The maximum absolute atomic E-state index is 11.0. The summed E-state index contributed by atoms with van der Waals surface area (Å²) >= 11 is 0. The number of aliphatic imine (C=N–C) groups is 1. The van der Waals surface area contributed by atoms with Crippen LogP contribution in [0, 0.1) is 0 Å². The van der Waals surface area contributed by atoms with E-state index in [9.17, 15) is 9.59 Å². The molecule has 0 unspecified atom stereocenters. The van der Waals surface area contributed by atoms with Crippen molar-refractivity contribution in [3.05, 3.63) is 36.7 Å². The summed E-state index contributed by atoms with van der Waals surface area (Å²) in [5.74, 6) is -0.280. The largest absolute Gasteiger partial charge is 0.332 e. The molecule has 72 valence electrons. The summed E-state index contributed by atoms with van der Waals surface area (Å²) in [4.78, 5) is 25.7. The minimum atomic E-state index is -0.140. The van der Waals surface area contributed by atoms with E-state index >= 15 is 0 Å². The predicted molar refractivity (Wildman–Crippen MR) is 53.7 cm³/mol. The molecule has 0 aromatic carbocycles. The van der Waals surface area contributed by atoms with Crippen molar-refractivity contribution < 1.29 is 9.59 Å². The van der Waals surface area contributed by atoms with E-state index in [0.717, 1.165) is 0 Å². The average Bonchev–Trinajstić information content (AvgIpc) is 2.14. The summed E-state index contributed by atoms with van der Waals surface area (Å²) in [5, 5.41) is 2.52. The van der Waals surface area contributed by atoms with Gasteiger partial charge in [0.05, 0.1) is 6.42 Å². The van der Waals surface area contributed by atoms with Crippen LogP contribution in [0.15, 0.2) is 41.7 Å². The van der Waals surface area contributed by atoms with Crippen LogP contribution in [-0.2, 0) is 9.59 Å². The first-order chi connectivity index (χ1) is 6.79. The first-order valence-electron chi connectivity index (χ1n) is 4.14. The molecule has 1 aliphatic rings. The first-order valence-corrected chi connectivity index (χ1v) is 4.14. The number of hydrogen-bond donors (Lipinski definition) is 1. The van der Waals surface area contributed by atoms with Crippen LogP contribution in [0.25, 0.3) is 0 Å². The Hall–Kier alpha value is -1.97. The quantitative estimate of drug-likeness (QED) is 0.612. The molecule has 1 heterocycles. The molecule has 0 fully saturated rings. The lowest BCUT2D eigenvalue weighted by Crippen LogP contribution is -2.16. The number of carbonyl (C=O) groups is 2. The smallest absolute Gasteiger partial charge is 0.229 e. The van der Waals surface area contributed by atoms with Gasteiger partial charge in [-0.1, -0.05) is 6.08 Å². The van der Waals surface area contributed by atoms with Crippen LogP contribution in [-0.4, -0.2) is 17.9 Å². The topological polar surface area (TPSA) is 58.5 Å². The second-order valence-electron chi connectivity index (χ2n) is 2.54. The predicted octanol–water partition coefficient (Wildman–Crippen LogP) is 0.730. The lowest BCUT2D eigenvalue weighted by Gasteiger charge is -1.93. The van der Waals surface area contributed by atoms with E-state index in [-0.39, 0.29) is 18.1 Å². The van der Waals surface area contributed by atoms with E-state index in [1.165, 1.54) is 30.8 Å². The van der Waals surface area contributed by atoms with E-state index in [1.807, 2.05) is 0 Å². The molecule has 4 heteroatoms. The first kappa shape index (κ1) is 10.1. The normalized spacial score (nSPS) is 17.4. The van der Waals surface area contributed by atoms with E-state index < -0.39 is 0 Å². The van der Waals surface area contributed by atoms with Crippen LogP contribution >= 0.6 is 0 Å². The number of hydrogen-bond acceptors (Lipinski definition) is 3. The highest BCUT2D eigenvalue weighted by Crippen LogP contribution is 1.86. The van der Waals surface area contributed by atoms with Crippen molar-refractivity contribution >= 4 is 17.9 Å². The van der Waals surface area contributed by atoms with Crippen molar-refractivity contribution in [3.63, 3.8) is 0 Å². The zero-order valence-corrected chi connectivity index (χ0v) is 7.51. The molecule has 1 aliphatic heterocycles. The number of ketones is 1. The van der Waals surface area contributed by atoms with Crippen LogP contribution in [0.3, 0.4) is 0 Å². The van der Waals surface area contributed by atoms with Gasteiger partial charge in [0, 0.05) is 24.7 Å². The molecule has 0 saturated heterocycles. The molecule has 1 rings (SSSR count). The summed E-state index contributed by atoms with van der Waals surface area (Å²) in [7, 11) is 0. The Kier molecular flexibility index (Phi) is 4.07. The Labute approximate surface area is 81.7 Å². The van der Waals surface area contributed by atoms with Gasteiger partial charge in [0.1, 0.15) is 0 Å². The number of nitrogens with one attached hydrogen (secondary N) is 1. The second kappa shape index (κ2) is 5.64. The van der Waals surface area contributed by atoms with Crippen molar-refractivity contribution in [2.75, 3.05) is 0 Å². The molecule has 0 spiro atoms. The van der Waals surface area contributed by atoms with E-state index in [2.05, 4.69) is 10.3 Å². The fraction of sp³-hybridized carbons (Fsp3) is 0.100. The highest BCUT2D eigenvalue weighted by atomic mass is 16.1. The highest BCUT2D eigenvalue weighted by molar-refractivity contribution is 5.99. The van der Waals surface area contributed by atoms with E-state index in [0.29, 0.717) is 0 Å². The fourth-order valence-electron chi connectivity index (χ4n) is 0.774. The lowest BCUT2D eigenvalue weighted by atomic mass is 10.3. The van der Waals surface area contributed by atoms with Crippen LogP contribution in [0.2, 0.25) is 0 Å². The number of carbonyl (C=O) groups excluding carboxylic acids is 2. The van der Waals surface area contributed by atoms with Crippen LogP contribution in [0.5, 0.6) is 0 Å².